The Labute approximate surface area is 78.8 Å². The number of nitrogens with zero attached hydrogens (tertiary/aromatic N) is 3. The number of hydrogen-bond donors (Lipinski definition) is 0. The van der Waals surface area contributed by atoms with Crippen LogP contribution in [0.5, 0.6) is 0 Å². The number of rotatable bonds is 2. The molecular formula is C8H7N3OS. The number of aldehydes is 1. The van der Waals surface area contributed by atoms with Crippen molar-refractivity contribution >= 4 is 17.6 Å². The maximum Gasteiger partial charge on any atom is 0.161 e. The lowest BCUT2D eigenvalue weighted by atomic mass is 10.4. The Hall–Kier alpha value is -1.49. The second-order valence-electron chi connectivity index (χ2n) is 2.59. The lowest BCUT2D eigenvalue weighted by Crippen LogP contribution is -1.83. The summed E-state index contributed by atoms with van der Waals surface area (Å²) in [6.45, 7) is 0. The Bertz CT molecular complexity index is 432. The topological polar surface area (TPSA) is 47.8 Å². The highest BCUT2D eigenvalue weighted by Gasteiger charge is 2.05. The van der Waals surface area contributed by atoms with E-state index in [1.807, 2.05) is 13.2 Å². The van der Waals surface area contributed by atoms with E-state index in [9.17, 15) is 4.79 Å². The highest BCUT2D eigenvalue weighted by molar-refractivity contribution is 7.16. The molecule has 2 rings (SSSR count). The lowest BCUT2D eigenvalue weighted by Gasteiger charge is -1.85. The molecule has 0 N–H and O–H groups in total. The van der Waals surface area contributed by atoms with Crippen LogP contribution in [0.4, 0.5) is 0 Å². The molecule has 0 saturated carbocycles. The summed E-state index contributed by atoms with van der Waals surface area (Å²) >= 11 is 1.37. The average molecular weight is 193 g/mol. The highest BCUT2D eigenvalue weighted by Crippen LogP contribution is 2.23. The van der Waals surface area contributed by atoms with E-state index < -0.39 is 0 Å². The molecule has 0 saturated heterocycles. The van der Waals surface area contributed by atoms with Gasteiger partial charge in [-0.25, -0.2) is 4.98 Å². The second-order valence-corrected chi connectivity index (χ2v) is 3.65. The van der Waals surface area contributed by atoms with E-state index in [4.69, 9.17) is 0 Å². The van der Waals surface area contributed by atoms with Crippen LogP contribution in [0.1, 0.15) is 9.67 Å². The van der Waals surface area contributed by atoms with Crippen LogP contribution < -0.4 is 0 Å². The minimum Gasteiger partial charge on any atom is -0.297 e. The molecule has 0 bridgehead atoms. The maximum absolute atomic E-state index is 10.4. The van der Waals surface area contributed by atoms with Crippen molar-refractivity contribution in [3.05, 3.63) is 23.5 Å². The van der Waals surface area contributed by atoms with E-state index in [0.717, 1.165) is 16.9 Å². The van der Waals surface area contributed by atoms with Crippen LogP contribution in [0.25, 0.3) is 10.6 Å². The van der Waals surface area contributed by atoms with Gasteiger partial charge in [-0.05, 0) is 0 Å². The van der Waals surface area contributed by atoms with Crippen LogP contribution in [-0.4, -0.2) is 21.1 Å². The van der Waals surface area contributed by atoms with E-state index in [-0.39, 0.29) is 0 Å². The van der Waals surface area contributed by atoms with E-state index in [1.54, 1.807) is 17.1 Å². The van der Waals surface area contributed by atoms with Gasteiger partial charge in [0.15, 0.2) is 6.29 Å². The molecule has 0 fully saturated rings. The highest BCUT2D eigenvalue weighted by atomic mass is 32.1. The van der Waals surface area contributed by atoms with Crippen LogP contribution in [-0.2, 0) is 7.05 Å². The number of hydrogen-bond acceptors (Lipinski definition) is 4. The van der Waals surface area contributed by atoms with Gasteiger partial charge in [-0.15, -0.1) is 11.3 Å². The first-order chi connectivity index (χ1) is 6.29. The van der Waals surface area contributed by atoms with Gasteiger partial charge in [0.1, 0.15) is 5.01 Å². The van der Waals surface area contributed by atoms with Gasteiger partial charge >= 0.3 is 0 Å². The molecule has 0 aliphatic rings. The summed E-state index contributed by atoms with van der Waals surface area (Å²) < 4.78 is 1.71. The average Bonchev–Trinajstić information content (AvgIpc) is 2.71. The molecule has 2 heterocycles. The Morgan fingerprint density at radius 3 is 2.92 bits per heavy atom. The van der Waals surface area contributed by atoms with Crippen molar-refractivity contribution in [2.24, 2.45) is 7.05 Å². The molecule has 2 aromatic rings. The minimum absolute atomic E-state index is 0.638. The monoisotopic (exact) mass is 193 g/mol. The number of aromatic nitrogens is 3. The number of carbonyl (C=O) groups is 1. The molecule has 4 nitrogen and oxygen atoms in total. The first-order valence-electron chi connectivity index (χ1n) is 3.69. The van der Waals surface area contributed by atoms with Gasteiger partial charge in [0.05, 0.1) is 11.1 Å². The summed E-state index contributed by atoms with van der Waals surface area (Å²) in [6, 6.07) is 0. The molecule has 2 aromatic heterocycles. The van der Waals surface area contributed by atoms with Gasteiger partial charge in [-0.2, -0.15) is 5.10 Å². The minimum atomic E-state index is 0.638. The summed E-state index contributed by atoms with van der Waals surface area (Å²) in [7, 11) is 1.84. The Morgan fingerprint density at radius 2 is 2.38 bits per heavy atom. The van der Waals surface area contributed by atoms with Gasteiger partial charge in [0.25, 0.3) is 0 Å². The summed E-state index contributed by atoms with van der Waals surface area (Å²) in [5, 5.41) is 4.85. The van der Waals surface area contributed by atoms with Crippen LogP contribution >= 0.6 is 11.3 Å². The normalized spacial score (nSPS) is 10.2. The summed E-state index contributed by atoms with van der Waals surface area (Å²) in [5.41, 5.74) is 0.945. The van der Waals surface area contributed by atoms with Gasteiger partial charge in [0.2, 0.25) is 0 Å². The number of aryl methyl sites for hydroxylation is 1. The molecule has 0 aliphatic heterocycles. The standard InChI is InChI=1S/C8H7N3OS/c1-11-4-6(2-10-11)8-9-3-7(5-12)13-8/h2-5H,1H3. The SMILES string of the molecule is Cn1cc(-c2ncc(C=O)s2)cn1. The fourth-order valence-corrected chi connectivity index (χ4v) is 1.71. The maximum atomic E-state index is 10.4. The molecule has 0 atom stereocenters. The predicted octanol–water partition coefficient (Wildman–Crippen LogP) is 1.36. The van der Waals surface area contributed by atoms with Gasteiger partial charge in [-0.1, -0.05) is 0 Å². The number of thiazole rings is 1. The first kappa shape index (κ1) is 8.12. The molecule has 0 unspecified atom stereocenters. The van der Waals surface area contributed by atoms with Gasteiger partial charge in [-0.3, -0.25) is 9.48 Å². The van der Waals surface area contributed by atoms with Crippen molar-refractivity contribution in [2.45, 2.75) is 0 Å². The van der Waals surface area contributed by atoms with Crippen LogP contribution in [0.3, 0.4) is 0 Å². The molecule has 66 valence electrons. The van der Waals surface area contributed by atoms with Gasteiger partial charge in [0, 0.05) is 25.0 Å². The molecule has 5 heteroatoms. The fraction of sp³-hybridized carbons (Fsp3) is 0.125. The molecule has 0 aliphatic carbocycles. The smallest absolute Gasteiger partial charge is 0.161 e. The van der Waals surface area contributed by atoms with Crippen LogP contribution in [0.2, 0.25) is 0 Å². The zero-order valence-electron chi connectivity index (χ0n) is 6.97. The van der Waals surface area contributed by atoms with E-state index in [1.165, 1.54) is 11.3 Å². The largest absolute Gasteiger partial charge is 0.297 e. The third kappa shape index (κ3) is 1.50. The van der Waals surface area contributed by atoms with E-state index in [2.05, 4.69) is 10.1 Å². The summed E-state index contributed by atoms with van der Waals surface area (Å²) in [5.74, 6) is 0. The van der Waals surface area contributed by atoms with Gasteiger partial charge < -0.3 is 0 Å². The van der Waals surface area contributed by atoms with Crippen molar-refractivity contribution in [3.63, 3.8) is 0 Å². The predicted molar refractivity (Wildman–Crippen MR) is 49.7 cm³/mol. The zero-order chi connectivity index (χ0) is 9.26. The van der Waals surface area contributed by atoms with Crippen molar-refractivity contribution in [2.75, 3.05) is 0 Å². The van der Waals surface area contributed by atoms with Crippen molar-refractivity contribution in [3.8, 4) is 10.6 Å². The third-order valence-corrected chi connectivity index (χ3v) is 2.56. The second kappa shape index (κ2) is 3.10. The van der Waals surface area contributed by atoms with Crippen molar-refractivity contribution < 1.29 is 4.79 Å². The fourth-order valence-electron chi connectivity index (χ4n) is 1.01. The zero-order valence-corrected chi connectivity index (χ0v) is 7.78. The summed E-state index contributed by atoms with van der Waals surface area (Å²) in [4.78, 5) is 15.1. The van der Waals surface area contributed by atoms with Crippen molar-refractivity contribution in [1.29, 1.82) is 0 Å². The first-order valence-corrected chi connectivity index (χ1v) is 4.51. The number of carbonyl (C=O) groups excluding carboxylic acids is 1. The van der Waals surface area contributed by atoms with Crippen LogP contribution in [0.15, 0.2) is 18.6 Å². The molecule has 0 radical (unpaired) electrons. The Kier molecular flexibility index (Phi) is 1.94. The van der Waals surface area contributed by atoms with E-state index >= 15 is 0 Å². The molecule has 13 heavy (non-hydrogen) atoms. The summed E-state index contributed by atoms with van der Waals surface area (Å²) in [6.07, 6.45) is 5.97. The molecular weight excluding hydrogens is 186 g/mol. The van der Waals surface area contributed by atoms with E-state index in [0.29, 0.717) is 4.88 Å². The quantitative estimate of drug-likeness (QED) is 0.676. The molecule has 0 aromatic carbocycles. The van der Waals surface area contributed by atoms with Crippen molar-refractivity contribution in [1.82, 2.24) is 14.8 Å². The molecule has 0 amide bonds. The lowest BCUT2D eigenvalue weighted by molar-refractivity contribution is 0.112. The third-order valence-electron chi connectivity index (χ3n) is 1.59. The Morgan fingerprint density at radius 1 is 1.54 bits per heavy atom. The Balaban J connectivity index is 2.40. The van der Waals surface area contributed by atoms with Crippen LogP contribution in [0, 0.1) is 0 Å². The molecule has 0 spiro atoms.